The highest BCUT2D eigenvalue weighted by atomic mass is 127. The van der Waals surface area contributed by atoms with Gasteiger partial charge in [-0.15, -0.1) is 0 Å². The Morgan fingerprint density at radius 3 is 2.42 bits per heavy atom. The smallest absolute Gasteiger partial charge is 0.338 e. The Labute approximate surface area is 123 Å². The van der Waals surface area contributed by atoms with Gasteiger partial charge in [0.05, 0.1) is 12.7 Å². The lowest BCUT2D eigenvalue weighted by atomic mass is 10.2. The molecule has 0 unspecified atom stereocenters. The van der Waals surface area contributed by atoms with Crippen molar-refractivity contribution in [3.05, 3.63) is 33.4 Å². The second-order valence-corrected chi connectivity index (χ2v) is 4.68. The number of esters is 2. The zero-order valence-electron chi connectivity index (χ0n) is 10.1. The maximum Gasteiger partial charge on any atom is 0.338 e. The van der Waals surface area contributed by atoms with Crippen LogP contribution in [0.25, 0.3) is 0 Å². The van der Waals surface area contributed by atoms with E-state index in [4.69, 9.17) is 4.74 Å². The molecule has 6 nitrogen and oxygen atoms in total. The number of hydrogen-bond acceptors (Lipinski definition) is 5. The van der Waals surface area contributed by atoms with Gasteiger partial charge >= 0.3 is 11.9 Å². The first-order chi connectivity index (χ1) is 9.02. The van der Waals surface area contributed by atoms with Crippen molar-refractivity contribution < 1.29 is 23.9 Å². The highest BCUT2D eigenvalue weighted by Gasteiger charge is 2.10. The maximum absolute atomic E-state index is 11.6. The average Bonchev–Trinajstić information content (AvgIpc) is 2.42. The zero-order chi connectivity index (χ0) is 14.3. The Bertz CT molecular complexity index is 472. The Morgan fingerprint density at radius 2 is 1.84 bits per heavy atom. The molecule has 0 saturated carbocycles. The van der Waals surface area contributed by atoms with Gasteiger partial charge in [-0.2, -0.15) is 0 Å². The van der Waals surface area contributed by atoms with E-state index in [1.54, 1.807) is 24.3 Å². The van der Waals surface area contributed by atoms with E-state index in [1.165, 1.54) is 7.11 Å². The number of nitrogens with one attached hydrogen (secondary N) is 1. The van der Waals surface area contributed by atoms with Crippen LogP contribution in [0.15, 0.2) is 24.3 Å². The van der Waals surface area contributed by atoms with Crippen LogP contribution in [0, 0.1) is 3.57 Å². The van der Waals surface area contributed by atoms with E-state index in [0.29, 0.717) is 5.56 Å². The lowest BCUT2D eigenvalue weighted by molar-refractivity contribution is -0.141. The number of hydrogen-bond donors (Lipinski definition) is 1. The van der Waals surface area contributed by atoms with E-state index < -0.39 is 24.5 Å². The minimum absolute atomic E-state index is 0.254. The van der Waals surface area contributed by atoms with Gasteiger partial charge in [0.25, 0.3) is 5.91 Å². The Kier molecular flexibility index (Phi) is 6.26. The van der Waals surface area contributed by atoms with Crippen LogP contribution in [0.4, 0.5) is 0 Å². The van der Waals surface area contributed by atoms with Gasteiger partial charge in [0, 0.05) is 3.57 Å². The van der Waals surface area contributed by atoms with E-state index >= 15 is 0 Å². The number of benzene rings is 1. The van der Waals surface area contributed by atoms with Crippen molar-refractivity contribution >= 4 is 40.4 Å². The molecule has 0 aromatic heterocycles. The third kappa shape index (κ3) is 5.69. The summed E-state index contributed by atoms with van der Waals surface area (Å²) < 4.78 is 10.1. The topological polar surface area (TPSA) is 81.7 Å². The molecular formula is C12H12INO5. The van der Waals surface area contributed by atoms with Gasteiger partial charge in [0.2, 0.25) is 0 Å². The summed E-state index contributed by atoms with van der Waals surface area (Å²) in [7, 11) is 1.21. The van der Waals surface area contributed by atoms with Crippen molar-refractivity contribution in [2.24, 2.45) is 0 Å². The molecule has 0 bridgehead atoms. The summed E-state index contributed by atoms with van der Waals surface area (Å²) in [5.74, 6) is -1.73. The van der Waals surface area contributed by atoms with Crippen molar-refractivity contribution in [2.75, 3.05) is 20.3 Å². The van der Waals surface area contributed by atoms with Crippen molar-refractivity contribution in [3.63, 3.8) is 0 Å². The predicted octanol–water partition coefficient (Wildman–Crippen LogP) is 0.737. The second-order valence-electron chi connectivity index (χ2n) is 3.44. The highest BCUT2D eigenvalue weighted by Crippen LogP contribution is 2.07. The van der Waals surface area contributed by atoms with Crippen molar-refractivity contribution in [3.8, 4) is 0 Å². The SMILES string of the molecule is COC(=O)CNC(=O)COC(=O)c1ccc(I)cc1. The van der Waals surface area contributed by atoms with Gasteiger partial charge in [-0.3, -0.25) is 9.59 Å². The Balaban J connectivity index is 2.36. The second kappa shape index (κ2) is 7.72. The quantitative estimate of drug-likeness (QED) is 0.605. The van der Waals surface area contributed by atoms with Gasteiger partial charge in [0.1, 0.15) is 6.54 Å². The number of carbonyl (C=O) groups is 3. The lowest BCUT2D eigenvalue weighted by Crippen LogP contribution is -2.33. The van der Waals surface area contributed by atoms with Crippen LogP contribution in [-0.2, 0) is 19.1 Å². The van der Waals surface area contributed by atoms with Crippen LogP contribution in [0.2, 0.25) is 0 Å². The van der Waals surface area contributed by atoms with Gasteiger partial charge in [0.15, 0.2) is 6.61 Å². The standard InChI is InChI=1S/C12H12INO5/c1-18-11(16)6-14-10(15)7-19-12(17)8-2-4-9(13)5-3-8/h2-5H,6-7H2,1H3,(H,14,15). The van der Waals surface area contributed by atoms with Crippen LogP contribution in [0.1, 0.15) is 10.4 Å². The molecule has 19 heavy (non-hydrogen) atoms. The summed E-state index contributed by atoms with van der Waals surface area (Å²) in [6, 6.07) is 6.73. The fourth-order valence-electron chi connectivity index (χ4n) is 1.09. The molecule has 0 fully saturated rings. The Morgan fingerprint density at radius 1 is 1.21 bits per heavy atom. The molecule has 0 atom stereocenters. The molecule has 0 heterocycles. The van der Waals surface area contributed by atoms with E-state index in [-0.39, 0.29) is 6.54 Å². The number of methoxy groups -OCH3 is 1. The van der Waals surface area contributed by atoms with E-state index in [2.05, 4.69) is 32.6 Å². The zero-order valence-corrected chi connectivity index (χ0v) is 12.3. The van der Waals surface area contributed by atoms with Gasteiger partial charge in [-0.25, -0.2) is 4.79 Å². The fourth-order valence-corrected chi connectivity index (χ4v) is 1.45. The van der Waals surface area contributed by atoms with Crippen LogP contribution in [0.3, 0.4) is 0 Å². The van der Waals surface area contributed by atoms with Crippen molar-refractivity contribution in [1.29, 1.82) is 0 Å². The molecular weight excluding hydrogens is 365 g/mol. The van der Waals surface area contributed by atoms with Crippen molar-refractivity contribution in [1.82, 2.24) is 5.32 Å². The first-order valence-electron chi connectivity index (χ1n) is 5.29. The summed E-state index contributed by atoms with van der Waals surface area (Å²) in [6.07, 6.45) is 0. The van der Waals surface area contributed by atoms with Gasteiger partial charge in [-0.1, -0.05) is 0 Å². The fraction of sp³-hybridized carbons (Fsp3) is 0.250. The van der Waals surface area contributed by atoms with Crippen LogP contribution >= 0.6 is 22.6 Å². The average molecular weight is 377 g/mol. The lowest BCUT2D eigenvalue weighted by Gasteiger charge is -2.05. The number of halogens is 1. The summed E-state index contributed by atoms with van der Waals surface area (Å²) in [6.45, 7) is -0.696. The summed E-state index contributed by atoms with van der Waals surface area (Å²) in [4.78, 5) is 33.6. The number of carbonyl (C=O) groups excluding carboxylic acids is 3. The Hall–Kier alpha value is -1.64. The summed E-state index contributed by atoms with van der Waals surface area (Å²) in [5, 5.41) is 2.26. The van der Waals surface area contributed by atoms with Crippen LogP contribution in [0.5, 0.6) is 0 Å². The molecule has 0 spiro atoms. The first-order valence-corrected chi connectivity index (χ1v) is 6.37. The molecule has 7 heteroatoms. The molecule has 0 radical (unpaired) electrons. The van der Waals surface area contributed by atoms with Crippen LogP contribution in [-0.4, -0.2) is 38.1 Å². The number of amides is 1. The molecule has 1 rings (SSSR count). The molecule has 1 aromatic carbocycles. The van der Waals surface area contributed by atoms with E-state index in [9.17, 15) is 14.4 Å². The molecule has 0 aliphatic heterocycles. The van der Waals surface area contributed by atoms with E-state index in [1.807, 2.05) is 0 Å². The largest absolute Gasteiger partial charge is 0.468 e. The third-order valence-corrected chi connectivity index (χ3v) is 2.79. The predicted molar refractivity (Wildman–Crippen MR) is 74.5 cm³/mol. The molecule has 102 valence electrons. The summed E-state index contributed by atoms with van der Waals surface area (Å²) >= 11 is 2.11. The molecule has 1 amide bonds. The van der Waals surface area contributed by atoms with E-state index in [0.717, 1.165) is 3.57 Å². The minimum Gasteiger partial charge on any atom is -0.468 e. The molecule has 0 saturated heterocycles. The molecule has 1 N–H and O–H groups in total. The number of ether oxygens (including phenoxy) is 2. The van der Waals surface area contributed by atoms with Gasteiger partial charge < -0.3 is 14.8 Å². The third-order valence-electron chi connectivity index (χ3n) is 2.07. The minimum atomic E-state index is -0.593. The van der Waals surface area contributed by atoms with Crippen molar-refractivity contribution in [2.45, 2.75) is 0 Å². The van der Waals surface area contributed by atoms with Crippen LogP contribution < -0.4 is 5.32 Å². The number of rotatable bonds is 5. The van der Waals surface area contributed by atoms with Gasteiger partial charge in [-0.05, 0) is 46.9 Å². The molecule has 1 aromatic rings. The molecule has 0 aliphatic rings. The highest BCUT2D eigenvalue weighted by molar-refractivity contribution is 14.1. The normalized spacial score (nSPS) is 9.58. The maximum atomic E-state index is 11.6. The summed E-state index contributed by atoms with van der Waals surface area (Å²) in [5.41, 5.74) is 0.362. The monoisotopic (exact) mass is 377 g/mol. The molecule has 0 aliphatic carbocycles. The first kappa shape index (κ1) is 15.4.